The van der Waals surface area contributed by atoms with Crippen molar-refractivity contribution in [2.75, 3.05) is 56.0 Å². The van der Waals surface area contributed by atoms with Gasteiger partial charge in [-0.05, 0) is 54.8 Å². The number of hydrogen-bond acceptors (Lipinski definition) is 9. The highest BCUT2D eigenvalue weighted by atomic mass is 16.4. The molecule has 0 saturated carbocycles. The number of pyridine rings is 1. The van der Waals surface area contributed by atoms with Crippen LogP contribution < -0.4 is 16.0 Å². The minimum Gasteiger partial charge on any atom is -0.480 e. The smallest absolute Gasteiger partial charge is 0.317 e. The Bertz CT molecular complexity index is 1200. The number of piperazine rings is 1. The van der Waals surface area contributed by atoms with Gasteiger partial charge in [-0.3, -0.25) is 14.6 Å². The summed E-state index contributed by atoms with van der Waals surface area (Å²) in [4.78, 5) is 31.2. The van der Waals surface area contributed by atoms with Crippen LogP contribution in [0.1, 0.15) is 18.4 Å². The van der Waals surface area contributed by atoms with Crippen LogP contribution in [0.15, 0.2) is 55.0 Å². The second-order valence-corrected chi connectivity index (χ2v) is 9.69. The molecule has 5 rings (SSSR count). The van der Waals surface area contributed by atoms with Crippen molar-refractivity contribution in [1.29, 1.82) is 0 Å². The summed E-state index contributed by atoms with van der Waals surface area (Å²) in [6.45, 7) is 5.88. The van der Waals surface area contributed by atoms with Crippen LogP contribution in [0, 0.1) is 0 Å². The fraction of sp³-hybridized carbons (Fsp3) is 0.407. The maximum absolute atomic E-state index is 10.9. The summed E-state index contributed by atoms with van der Waals surface area (Å²) in [6, 6.07) is 12.8. The molecule has 2 fully saturated rings. The molecule has 0 aliphatic carbocycles. The van der Waals surface area contributed by atoms with Crippen molar-refractivity contribution in [2.24, 2.45) is 5.73 Å². The van der Waals surface area contributed by atoms with Crippen LogP contribution in [0.4, 0.5) is 17.5 Å². The van der Waals surface area contributed by atoms with Crippen molar-refractivity contribution in [3.63, 3.8) is 0 Å². The summed E-state index contributed by atoms with van der Waals surface area (Å²) in [5.41, 5.74) is 9.84. The first-order valence-corrected chi connectivity index (χ1v) is 12.8. The number of benzene rings is 1. The number of nitrogens with zero attached hydrogens (tertiary/aromatic N) is 6. The summed E-state index contributed by atoms with van der Waals surface area (Å²) in [7, 11) is 0. The number of carboxylic acids is 1. The Morgan fingerprint density at radius 1 is 1.00 bits per heavy atom. The molecule has 37 heavy (non-hydrogen) atoms. The highest BCUT2D eigenvalue weighted by Crippen LogP contribution is 2.27. The van der Waals surface area contributed by atoms with E-state index in [0.717, 1.165) is 80.7 Å². The van der Waals surface area contributed by atoms with Crippen molar-refractivity contribution in [3.8, 4) is 11.1 Å². The van der Waals surface area contributed by atoms with Crippen LogP contribution in [0.3, 0.4) is 0 Å². The van der Waals surface area contributed by atoms with Crippen LogP contribution in [-0.4, -0.2) is 87.7 Å². The fourth-order valence-corrected chi connectivity index (χ4v) is 4.94. The topological polar surface area (TPSA) is 124 Å². The molecule has 0 spiro atoms. The first-order chi connectivity index (χ1) is 18.1. The summed E-state index contributed by atoms with van der Waals surface area (Å²) in [5, 5.41) is 12.4. The number of nitrogens with one attached hydrogen (secondary N) is 1. The number of aromatic nitrogens is 3. The van der Waals surface area contributed by atoms with Gasteiger partial charge in [-0.15, -0.1) is 0 Å². The number of rotatable bonds is 10. The molecule has 10 nitrogen and oxygen atoms in total. The summed E-state index contributed by atoms with van der Waals surface area (Å²) in [5.74, 6) is 0.755. The average molecular weight is 503 g/mol. The van der Waals surface area contributed by atoms with E-state index < -0.39 is 5.97 Å². The van der Waals surface area contributed by atoms with Gasteiger partial charge in [0.2, 0.25) is 5.95 Å². The largest absolute Gasteiger partial charge is 0.480 e. The molecule has 1 atom stereocenters. The van der Waals surface area contributed by atoms with Crippen LogP contribution >= 0.6 is 0 Å². The third-order valence-electron chi connectivity index (χ3n) is 7.06. The molecule has 194 valence electrons. The SMILES string of the molecule is NCCC1CCN1c1ncc(-c2ccnc(Nc3cccc(CN4CCN(CC(=O)O)CC4)c3)c2)cn1. The summed E-state index contributed by atoms with van der Waals surface area (Å²) < 4.78 is 0. The molecule has 0 radical (unpaired) electrons. The molecule has 2 saturated heterocycles. The summed E-state index contributed by atoms with van der Waals surface area (Å²) in [6.07, 6.45) is 7.65. The van der Waals surface area contributed by atoms with E-state index in [-0.39, 0.29) is 6.54 Å². The number of nitrogens with two attached hydrogens (primary N) is 1. The van der Waals surface area contributed by atoms with Crippen molar-refractivity contribution >= 4 is 23.4 Å². The number of hydrogen-bond donors (Lipinski definition) is 3. The number of anilines is 3. The maximum atomic E-state index is 10.9. The van der Waals surface area contributed by atoms with Gasteiger partial charge < -0.3 is 21.1 Å². The number of carbonyl (C=O) groups is 1. The molecular weight excluding hydrogens is 468 g/mol. The van der Waals surface area contributed by atoms with Gasteiger partial charge in [-0.2, -0.15) is 0 Å². The predicted molar refractivity (Wildman–Crippen MR) is 144 cm³/mol. The molecule has 2 aliphatic heterocycles. The van der Waals surface area contributed by atoms with Gasteiger partial charge in [0.1, 0.15) is 5.82 Å². The van der Waals surface area contributed by atoms with Crippen molar-refractivity contribution in [2.45, 2.75) is 25.4 Å². The van der Waals surface area contributed by atoms with E-state index in [4.69, 9.17) is 10.8 Å². The van der Waals surface area contributed by atoms with Crippen LogP contribution in [-0.2, 0) is 11.3 Å². The molecule has 4 heterocycles. The van der Waals surface area contributed by atoms with E-state index in [0.29, 0.717) is 12.6 Å². The quantitative estimate of drug-likeness (QED) is 0.381. The van der Waals surface area contributed by atoms with Gasteiger partial charge in [0.25, 0.3) is 0 Å². The normalized spacial score (nSPS) is 18.4. The fourth-order valence-electron chi connectivity index (χ4n) is 4.94. The lowest BCUT2D eigenvalue weighted by molar-refractivity contribution is -0.138. The summed E-state index contributed by atoms with van der Waals surface area (Å²) >= 11 is 0. The molecule has 1 aromatic carbocycles. The molecule has 0 bridgehead atoms. The first-order valence-electron chi connectivity index (χ1n) is 12.8. The lowest BCUT2D eigenvalue weighted by atomic mass is 10.0. The second kappa shape index (κ2) is 11.6. The van der Waals surface area contributed by atoms with E-state index in [1.165, 1.54) is 5.56 Å². The Morgan fingerprint density at radius 3 is 2.49 bits per heavy atom. The predicted octanol–water partition coefficient (Wildman–Crippen LogP) is 2.41. The molecule has 2 aliphatic rings. The van der Waals surface area contributed by atoms with Crippen molar-refractivity contribution in [1.82, 2.24) is 24.8 Å². The zero-order valence-corrected chi connectivity index (χ0v) is 21.0. The van der Waals surface area contributed by atoms with E-state index in [2.05, 4.69) is 42.2 Å². The molecule has 3 aromatic rings. The van der Waals surface area contributed by atoms with Gasteiger partial charge in [-0.25, -0.2) is 15.0 Å². The maximum Gasteiger partial charge on any atom is 0.317 e. The molecular formula is C27H34N8O2. The molecule has 10 heteroatoms. The van der Waals surface area contributed by atoms with E-state index >= 15 is 0 Å². The second-order valence-electron chi connectivity index (χ2n) is 9.69. The van der Waals surface area contributed by atoms with Gasteiger partial charge in [-0.1, -0.05) is 12.1 Å². The lowest BCUT2D eigenvalue weighted by Crippen LogP contribution is -2.49. The lowest BCUT2D eigenvalue weighted by Gasteiger charge is -2.40. The van der Waals surface area contributed by atoms with Crippen molar-refractivity contribution < 1.29 is 9.90 Å². The van der Waals surface area contributed by atoms with Gasteiger partial charge in [0.15, 0.2) is 0 Å². The van der Waals surface area contributed by atoms with Crippen LogP contribution in [0.25, 0.3) is 11.1 Å². The minimum atomic E-state index is -0.766. The van der Waals surface area contributed by atoms with E-state index in [1.54, 1.807) is 6.20 Å². The number of carboxylic acid groups (broad SMARTS) is 1. The molecule has 0 amide bonds. The Kier molecular flexibility index (Phi) is 7.88. The molecule has 1 unspecified atom stereocenters. The molecule has 2 aromatic heterocycles. The number of aliphatic carboxylic acids is 1. The Morgan fingerprint density at radius 2 is 1.78 bits per heavy atom. The van der Waals surface area contributed by atoms with Crippen molar-refractivity contribution in [3.05, 3.63) is 60.6 Å². The highest BCUT2D eigenvalue weighted by molar-refractivity contribution is 5.69. The van der Waals surface area contributed by atoms with Crippen LogP contribution in [0.5, 0.6) is 0 Å². The van der Waals surface area contributed by atoms with E-state index in [9.17, 15) is 4.79 Å². The molecule has 4 N–H and O–H groups in total. The Labute approximate surface area is 217 Å². The Hall–Kier alpha value is -3.60. The zero-order valence-electron chi connectivity index (χ0n) is 21.0. The zero-order chi connectivity index (χ0) is 25.6. The van der Waals surface area contributed by atoms with Gasteiger partial charge >= 0.3 is 5.97 Å². The Balaban J connectivity index is 1.19. The van der Waals surface area contributed by atoms with Gasteiger partial charge in [0, 0.05) is 75.2 Å². The third kappa shape index (κ3) is 6.40. The van der Waals surface area contributed by atoms with E-state index in [1.807, 2.05) is 41.6 Å². The highest BCUT2D eigenvalue weighted by Gasteiger charge is 2.29. The van der Waals surface area contributed by atoms with Crippen LogP contribution in [0.2, 0.25) is 0 Å². The monoisotopic (exact) mass is 502 g/mol. The van der Waals surface area contributed by atoms with Gasteiger partial charge in [0.05, 0.1) is 6.54 Å². The minimum absolute atomic E-state index is 0.114. The average Bonchev–Trinajstić information content (AvgIpc) is 2.88. The third-order valence-corrected chi connectivity index (χ3v) is 7.06. The first kappa shape index (κ1) is 25.1. The standard InChI is InChI=1S/C27H34N8O2/c28-7-4-24-6-9-35(24)27-30-16-22(17-31-27)21-5-8-29-25(15-21)32-23-3-1-2-20(14-23)18-33-10-12-34(13-11-33)19-26(36)37/h1-3,5,8,14-17,24H,4,6-7,9-13,18-19,28H2,(H,29,32)(H,36,37).